The van der Waals surface area contributed by atoms with E-state index in [1.165, 1.54) is 11.8 Å². The molecule has 2 rings (SSSR count). The van der Waals surface area contributed by atoms with Gasteiger partial charge in [0, 0.05) is 21.3 Å². The second kappa shape index (κ2) is 6.68. The van der Waals surface area contributed by atoms with E-state index in [9.17, 15) is 4.79 Å². The number of rotatable bonds is 4. The van der Waals surface area contributed by atoms with Crippen molar-refractivity contribution in [1.82, 2.24) is 0 Å². The Kier molecular flexibility index (Phi) is 4.93. The number of nitrogens with two attached hydrogens (primary N) is 1. The van der Waals surface area contributed by atoms with Crippen molar-refractivity contribution in [1.29, 1.82) is 0 Å². The Morgan fingerprint density at radius 1 is 1.25 bits per heavy atom. The number of anilines is 2. The van der Waals surface area contributed by atoms with Gasteiger partial charge in [0.15, 0.2) is 0 Å². The molecule has 0 saturated carbocycles. The van der Waals surface area contributed by atoms with Crippen molar-refractivity contribution in [3.8, 4) is 0 Å². The van der Waals surface area contributed by atoms with Crippen LogP contribution in [0.5, 0.6) is 0 Å². The zero-order valence-corrected chi connectivity index (χ0v) is 12.6. The first-order valence-electron chi connectivity index (χ1n) is 6.09. The molecule has 0 saturated heterocycles. The van der Waals surface area contributed by atoms with Gasteiger partial charge in [-0.25, -0.2) is 0 Å². The Labute approximate surface area is 127 Å². The van der Waals surface area contributed by atoms with Crippen LogP contribution in [0.25, 0.3) is 0 Å². The van der Waals surface area contributed by atoms with Crippen LogP contribution < -0.4 is 11.1 Å². The highest BCUT2D eigenvalue weighted by Gasteiger charge is 2.07. The zero-order valence-electron chi connectivity index (χ0n) is 11.0. The maximum atomic E-state index is 11.9. The van der Waals surface area contributed by atoms with Crippen molar-refractivity contribution < 1.29 is 4.79 Å². The van der Waals surface area contributed by atoms with Crippen LogP contribution in [0.4, 0.5) is 11.4 Å². The average molecular weight is 307 g/mol. The molecule has 1 amide bonds. The van der Waals surface area contributed by atoms with Crippen LogP contribution in [0.1, 0.15) is 5.56 Å². The van der Waals surface area contributed by atoms with E-state index >= 15 is 0 Å². The van der Waals surface area contributed by atoms with Crippen LogP contribution in [0.2, 0.25) is 5.02 Å². The van der Waals surface area contributed by atoms with Gasteiger partial charge in [-0.2, -0.15) is 0 Å². The van der Waals surface area contributed by atoms with Crippen LogP contribution in [0.15, 0.2) is 47.4 Å². The quantitative estimate of drug-likeness (QED) is 0.664. The number of halogens is 1. The topological polar surface area (TPSA) is 55.1 Å². The molecule has 0 radical (unpaired) electrons. The van der Waals surface area contributed by atoms with Gasteiger partial charge in [0.1, 0.15) is 0 Å². The first-order valence-corrected chi connectivity index (χ1v) is 7.46. The van der Waals surface area contributed by atoms with E-state index in [1.807, 2.05) is 49.4 Å². The highest BCUT2D eigenvalue weighted by molar-refractivity contribution is 8.00. The summed E-state index contributed by atoms with van der Waals surface area (Å²) in [5.74, 6) is 0.286. The first-order chi connectivity index (χ1) is 9.56. The second-order valence-corrected chi connectivity index (χ2v) is 5.80. The molecule has 104 valence electrons. The lowest BCUT2D eigenvalue weighted by Gasteiger charge is -2.10. The normalized spacial score (nSPS) is 10.3. The van der Waals surface area contributed by atoms with Gasteiger partial charge in [0.05, 0.1) is 5.75 Å². The van der Waals surface area contributed by atoms with E-state index < -0.39 is 0 Å². The van der Waals surface area contributed by atoms with E-state index in [-0.39, 0.29) is 5.91 Å². The fraction of sp³-hybridized carbons (Fsp3) is 0.133. The van der Waals surface area contributed by atoms with Gasteiger partial charge in [-0.15, -0.1) is 11.8 Å². The Morgan fingerprint density at radius 3 is 2.65 bits per heavy atom. The SMILES string of the molecule is Cc1c(N)cccc1NC(=O)CSc1ccc(Cl)cc1. The molecule has 5 heteroatoms. The van der Waals surface area contributed by atoms with Gasteiger partial charge in [-0.05, 0) is 48.9 Å². The summed E-state index contributed by atoms with van der Waals surface area (Å²) in [6.07, 6.45) is 0. The molecule has 2 aromatic carbocycles. The highest BCUT2D eigenvalue weighted by Crippen LogP contribution is 2.23. The molecule has 0 unspecified atom stereocenters. The molecule has 0 atom stereocenters. The molecular formula is C15H15ClN2OS. The van der Waals surface area contributed by atoms with Crippen LogP contribution in [0, 0.1) is 6.92 Å². The van der Waals surface area contributed by atoms with Crippen LogP contribution >= 0.6 is 23.4 Å². The van der Waals surface area contributed by atoms with Crippen LogP contribution in [-0.4, -0.2) is 11.7 Å². The van der Waals surface area contributed by atoms with Gasteiger partial charge in [-0.1, -0.05) is 17.7 Å². The molecular weight excluding hydrogens is 292 g/mol. The number of amides is 1. The van der Waals surface area contributed by atoms with Crippen LogP contribution in [0.3, 0.4) is 0 Å². The number of carbonyl (C=O) groups excluding carboxylic acids is 1. The van der Waals surface area contributed by atoms with Crippen molar-refractivity contribution >= 4 is 40.6 Å². The minimum absolute atomic E-state index is 0.0568. The van der Waals surface area contributed by atoms with Gasteiger partial charge >= 0.3 is 0 Å². The zero-order chi connectivity index (χ0) is 14.5. The summed E-state index contributed by atoms with van der Waals surface area (Å²) < 4.78 is 0. The van der Waals surface area contributed by atoms with Gasteiger partial charge in [0.2, 0.25) is 5.91 Å². The largest absolute Gasteiger partial charge is 0.398 e. The summed E-state index contributed by atoms with van der Waals surface area (Å²) in [5, 5.41) is 3.56. The molecule has 0 aliphatic heterocycles. The summed E-state index contributed by atoms with van der Waals surface area (Å²) in [6, 6.07) is 12.9. The van der Waals surface area contributed by atoms with E-state index in [4.69, 9.17) is 17.3 Å². The number of nitrogen functional groups attached to an aromatic ring is 1. The third-order valence-corrected chi connectivity index (χ3v) is 4.10. The minimum atomic E-state index is -0.0568. The summed E-state index contributed by atoms with van der Waals surface area (Å²) in [5.41, 5.74) is 8.12. The lowest BCUT2D eigenvalue weighted by molar-refractivity contribution is -0.113. The molecule has 20 heavy (non-hydrogen) atoms. The van der Waals surface area contributed by atoms with E-state index in [0.717, 1.165) is 16.1 Å². The molecule has 3 N–H and O–H groups in total. The number of hydrogen-bond donors (Lipinski definition) is 2. The molecule has 2 aromatic rings. The average Bonchev–Trinajstić information content (AvgIpc) is 2.43. The third kappa shape index (κ3) is 3.92. The minimum Gasteiger partial charge on any atom is -0.398 e. The number of thioether (sulfide) groups is 1. The Balaban J connectivity index is 1.92. The molecule has 0 bridgehead atoms. The fourth-order valence-corrected chi connectivity index (χ4v) is 2.48. The molecule has 0 aliphatic rings. The predicted octanol–water partition coefficient (Wildman–Crippen LogP) is 3.96. The highest BCUT2D eigenvalue weighted by atomic mass is 35.5. The molecule has 0 spiro atoms. The smallest absolute Gasteiger partial charge is 0.234 e. The summed E-state index contributed by atoms with van der Waals surface area (Å²) in [4.78, 5) is 12.9. The Hall–Kier alpha value is -1.65. The van der Waals surface area contributed by atoms with Crippen molar-refractivity contribution in [2.24, 2.45) is 0 Å². The summed E-state index contributed by atoms with van der Waals surface area (Å²) in [7, 11) is 0. The Morgan fingerprint density at radius 2 is 1.95 bits per heavy atom. The Bertz CT molecular complexity index is 614. The molecule has 0 aliphatic carbocycles. The summed E-state index contributed by atoms with van der Waals surface area (Å²) >= 11 is 7.28. The predicted molar refractivity (Wildman–Crippen MR) is 86.4 cm³/mol. The number of nitrogens with one attached hydrogen (secondary N) is 1. The maximum Gasteiger partial charge on any atom is 0.234 e. The van der Waals surface area contributed by atoms with Gasteiger partial charge < -0.3 is 11.1 Å². The molecule has 0 aromatic heterocycles. The molecule has 0 fully saturated rings. The van der Waals surface area contributed by atoms with E-state index in [0.29, 0.717) is 16.5 Å². The van der Waals surface area contributed by atoms with Crippen molar-refractivity contribution in [2.45, 2.75) is 11.8 Å². The summed E-state index contributed by atoms with van der Waals surface area (Å²) in [6.45, 7) is 1.89. The molecule has 3 nitrogen and oxygen atoms in total. The number of benzene rings is 2. The molecule has 0 heterocycles. The second-order valence-electron chi connectivity index (χ2n) is 4.31. The van der Waals surface area contributed by atoms with Gasteiger partial charge in [0.25, 0.3) is 0 Å². The standard InChI is InChI=1S/C15H15ClN2OS/c1-10-13(17)3-2-4-14(10)18-15(19)9-20-12-7-5-11(16)6-8-12/h2-8H,9,17H2,1H3,(H,18,19). The van der Waals surface area contributed by atoms with Gasteiger partial charge in [-0.3, -0.25) is 4.79 Å². The fourth-order valence-electron chi connectivity index (χ4n) is 1.65. The van der Waals surface area contributed by atoms with Crippen LogP contribution in [-0.2, 0) is 4.79 Å². The number of carbonyl (C=O) groups is 1. The van der Waals surface area contributed by atoms with Crippen molar-refractivity contribution in [2.75, 3.05) is 16.8 Å². The number of hydrogen-bond acceptors (Lipinski definition) is 3. The lowest BCUT2D eigenvalue weighted by Crippen LogP contribution is -2.15. The maximum absolute atomic E-state index is 11.9. The first kappa shape index (κ1) is 14.8. The van der Waals surface area contributed by atoms with E-state index in [2.05, 4.69) is 5.32 Å². The van der Waals surface area contributed by atoms with E-state index in [1.54, 1.807) is 0 Å². The third-order valence-electron chi connectivity index (χ3n) is 2.83. The van der Waals surface area contributed by atoms with Crippen molar-refractivity contribution in [3.05, 3.63) is 53.1 Å². The lowest BCUT2D eigenvalue weighted by atomic mass is 10.1. The monoisotopic (exact) mass is 306 g/mol. The van der Waals surface area contributed by atoms with Crippen molar-refractivity contribution in [3.63, 3.8) is 0 Å².